The summed E-state index contributed by atoms with van der Waals surface area (Å²) in [7, 11) is 0. The van der Waals surface area contributed by atoms with E-state index in [0.717, 1.165) is 0 Å². The number of carboxylic acid groups (broad SMARTS) is 2. The van der Waals surface area contributed by atoms with Gasteiger partial charge >= 0.3 is 11.9 Å². The molecule has 3 N–H and O–H groups in total. The Balaban J connectivity index is 2.71. The Bertz CT molecular complexity index is 506. The van der Waals surface area contributed by atoms with Crippen molar-refractivity contribution < 1.29 is 24.6 Å². The van der Waals surface area contributed by atoms with E-state index in [0.29, 0.717) is 4.47 Å². The number of pyridine rings is 1. The molecule has 1 amide bonds. The number of rotatable bonds is 6. The Hall–Kier alpha value is -1.96. The van der Waals surface area contributed by atoms with Gasteiger partial charge < -0.3 is 15.5 Å². The van der Waals surface area contributed by atoms with Crippen LogP contribution >= 0.6 is 15.9 Å². The fourth-order valence-electron chi connectivity index (χ4n) is 1.30. The summed E-state index contributed by atoms with van der Waals surface area (Å²) < 4.78 is 0.581. The lowest BCUT2D eigenvalue weighted by Crippen LogP contribution is -2.41. The molecule has 19 heavy (non-hydrogen) atoms. The summed E-state index contributed by atoms with van der Waals surface area (Å²) in [5, 5.41) is 19.7. The minimum absolute atomic E-state index is 0.183. The van der Waals surface area contributed by atoms with Gasteiger partial charge in [0, 0.05) is 23.3 Å². The SMILES string of the molecule is O=C(O)CC[C@@H](NC(=O)c1cncc(Br)c1)C(=O)O. The van der Waals surface area contributed by atoms with E-state index in [2.05, 4.69) is 26.2 Å². The van der Waals surface area contributed by atoms with Crippen LogP contribution in [0, 0.1) is 0 Å². The molecular formula is C11H11BrN2O5. The van der Waals surface area contributed by atoms with Gasteiger partial charge in [-0.25, -0.2) is 4.79 Å². The van der Waals surface area contributed by atoms with Gasteiger partial charge in [0.25, 0.3) is 5.91 Å². The highest BCUT2D eigenvalue weighted by Gasteiger charge is 2.21. The largest absolute Gasteiger partial charge is 0.481 e. The van der Waals surface area contributed by atoms with Crippen molar-refractivity contribution in [2.24, 2.45) is 0 Å². The molecule has 0 unspecified atom stereocenters. The molecule has 7 nitrogen and oxygen atoms in total. The Morgan fingerprint density at radius 2 is 2.00 bits per heavy atom. The van der Waals surface area contributed by atoms with Gasteiger partial charge in [0.15, 0.2) is 0 Å². The van der Waals surface area contributed by atoms with E-state index in [1.165, 1.54) is 18.5 Å². The van der Waals surface area contributed by atoms with E-state index in [-0.39, 0.29) is 18.4 Å². The average Bonchev–Trinajstić information content (AvgIpc) is 2.33. The lowest BCUT2D eigenvalue weighted by Gasteiger charge is -2.13. The number of halogens is 1. The summed E-state index contributed by atoms with van der Waals surface area (Å²) in [5.74, 6) is -3.02. The maximum atomic E-state index is 11.8. The zero-order valence-electron chi connectivity index (χ0n) is 9.67. The van der Waals surface area contributed by atoms with Gasteiger partial charge in [0.05, 0.1) is 5.56 Å². The van der Waals surface area contributed by atoms with Gasteiger partial charge in [-0.3, -0.25) is 14.6 Å². The van der Waals surface area contributed by atoms with Gasteiger partial charge in [-0.2, -0.15) is 0 Å². The predicted octanol–water partition coefficient (Wildman–Crippen LogP) is 0.892. The summed E-state index contributed by atoms with van der Waals surface area (Å²) in [6.07, 6.45) is 2.25. The van der Waals surface area contributed by atoms with Crippen molar-refractivity contribution in [3.8, 4) is 0 Å². The van der Waals surface area contributed by atoms with E-state index in [1.54, 1.807) is 0 Å². The van der Waals surface area contributed by atoms with Crippen molar-refractivity contribution >= 4 is 33.8 Å². The first-order valence-electron chi connectivity index (χ1n) is 5.26. The zero-order valence-corrected chi connectivity index (χ0v) is 11.3. The number of hydrogen-bond acceptors (Lipinski definition) is 4. The molecule has 1 rings (SSSR count). The standard InChI is InChI=1S/C11H11BrN2O5/c12-7-3-6(4-13-5-7)10(17)14-8(11(18)19)1-2-9(15)16/h3-5,8H,1-2H2,(H,14,17)(H,15,16)(H,18,19)/t8-/m1/s1. The number of carbonyl (C=O) groups excluding carboxylic acids is 1. The first kappa shape index (κ1) is 15.1. The molecule has 8 heteroatoms. The second-order valence-corrected chi connectivity index (χ2v) is 4.60. The fraction of sp³-hybridized carbons (Fsp3) is 0.273. The summed E-state index contributed by atoms with van der Waals surface area (Å²) in [6, 6.07) is 0.237. The lowest BCUT2D eigenvalue weighted by molar-refractivity contribution is -0.140. The molecule has 1 aromatic heterocycles. The zero-order chi connectivity index (χ0) is 14.4. The van der Waals surface area contributed by atoms with Crippen LogP contribution in [0.4, 0.5) is 0 Å². The van der Waals surface area contributed by atoms with E-state index in [1.807, 2.05) is 0 Å². The number of nitrogens with one attached hydrogen (secondary N) is 1. The van der Waals surface area contributed by atoms with Gasteiger partial charge in [-0.1, -0.05) is 0 Å². The van der Waals surface area contributed by atoms with Crippen molar-refractivity contribution in [3.63, 3.8) is 0 Å². The van der Waals surface area contributed by atoms with Crippen LogP contribution in [0.3, 0.4) is 0 Å². The molecule has 0 aliphatic heterocycles. The highest BCUT2D eigenvalue weighted by molar-refractivity contribution is 9.10. The predicted molar refractivity (Wildman–Crippen MR) is 67.7 cm³/mol. The fourth-order valence-corrected chi connectivity index (χ4v) is 1.67. The molecule has 0 spiro atoms. The van der Waals surface area contributed by atoms with Crippen molar-refractivity contribution in [1.82, 2.24) is 10.3 Å². The first-order chi connectivity index (χ1) is 8.90. The number of nitrogens with zero attached hydrogens (tertiary/aromatic N) is 1. The Morgan fingerprint density at radius 3 is 2.53 bits per heavy atom. The summed E-state index contributed by atoms with van der Waals surface area (Å²) in [6.45, 7) is 0. The second-order valence-electron chi connectivity index (χ2n) is 3.69. The first-order valence-corrected chi connectivity index (χ1v) is 6.05. The Kier molecular flexibility index (Phi) is 5.43. The number of carbonyl (C=O) groups is 3. The highest BCUT2D eigenvalue weighted by atomic mass is 79.9. The monoisotopic (exact) mass is 330 g/mol. The number of amides is 1. The minimum Gasteiger partial charge on any atom is -0.481 e. The molecular weight excluding hydrogens is 320 g/mol. The smallest absolute Gasteiger partial charge is 0.326 e. The number of aliphatic carboxylic acids is 2. The second kappa shape index (κ2) is 6.83. The van der Waals surface area contributed by atoms with Crippen molar-refractivity contribution in [1.29, 1.82) is 0 Å². The summed E-state index contributed by atoms with van der Waals surface area (Å²) in [4.78, 5) is 36.9. The molecule has 0 aliphatic carbocycles. The van der Waals surface area contributed by atoms with E-state index < -0.39 is 23.9 Å². The van der Waals surface area contributed by atoms with Gasteiger partial charge in [0.2, 0.25) is 0 Å². The van der Waals surface area contributed by atoms with E-state index >= 15 is 0 Å². The Morgan fingerprint density at radius 1 is 1.32 bits per heavy atom. The van der Waals surface area contributed by atoms with Crippen LogP contribution in [0.5, 0.6) is 0 Å². The summed E-state index contributed by atoms with van der Waals surface area (Å²) >= 11 is 3.14. The summed E-state index contributed by atoms with van der Waals surface area (Å²) in [5.41, 5.74) is 0.191. The third-order valence-corrected chi connectivity index (χ3v) is 2.65. The van der Waals surface area contributed by atoms with Crippen molar-refractivity contribution in [3.05, 3.63) is 28.5 Å². The topological polar surface area (TPSA) is 117 Å². The van der Waals surface area contributed by atoms with E-state index in [4.69, 9.17) is 10.2 Å². The molecule has 0 aliphatic rings. The highest BCUT2D eigenvalue weighted by Crippen LogP contribution is 2.10. The van der Waals surface area contributed by atoms with Crippen LogP contribution in [0.15, 0.2) is 22.9 Å². The molecule has 0 saturated heterocycles. The van der Waals surface area contributed by atoms with Crippen LogP contribution in [0.2, 0.25) is 0 Å². The molecule has 0 bridgehead atoms. The number of aromatic nitrogens is 1. The van der Waals surface area contributed by atoms with Gasteiger partial charge in [-0.05, 0) is 28.4 Å². The quantitative estimate of drug-likeness (QED) is 0.713. The van der Waals surface area contributed by atoms with Crippen LogP contribution in [0.1, 0.15) is 23.2 Å². The molecule has 0 saturated carbocycles. The minimum atomic E-state index is -1.28. The normalized spacial score (nSPS) is 11.6. The van der Waals surface area contributed by atoms with E-state index in [9.17, 15) is 14.4 Å². The third-order valence-electron chi connectivity index (χ3n) is 2.22. The third kappa shape index (κ3) is 5.04. The number of carboxylic acids is 2. The van der Waals surface area contributed by atoms with Crippen LogP contribution < -0.4 is 5.32 Å². The van der Waals surface area contributed by atoms with Crippen LogP contribution in [0.25, 0.3) is 0 Å². The molecule has 1 aromatic rings. The van der Waals surface area contributed by atoms with Crippen LogP contribution in [-0.2, 0) is 9.59 Å². The van der Waals surface area contributed by atoms with Gasteiger partial charge in [0.1, 0.15) is 6.04 Å². The van der Waals surface area contributed by atoms with Crippen molar-refractivity contribution in [2.75, 3.05) is 0 Å². The molecule has 1 heterocycles. The Labute approximate surface area is 116 Å². The van der Waals surface area contributed by atoms with Gasteiger partial charge in [-0.15, -0.1) is 0 Å². The maximum Gasteiger partial charge on any atom is 0.326 e. The lowest BCUT2D eigenvalue weighted by atomic mass is 10.1. The van der Waals surface area contributed by atoms with Crippen LogP contribution in [-0.4, -0.2) is 39.1 Å². The molecule has 0 fully saturated rings. The van der Waals surface area contributed by atoms with Crippen molar-refractivity contribution in [2.45, 2.75) is 18.9 Å². The molecule has 1 atom stereocenters. The molecule has 0 radical (unpaired) electrons. The maximum absolute atomic E-state index is 11.8. The average molecular weight is 331 g/mol. The number of hydrogen-bond donors (Lipinski definition) is 3. The molecule has 102 valence electrons. The molecule has 0 aromatic carbocycles.